The predicted molar refractivity (Wildman–Crippen MR) is 139 cm³/mol. The molecule has 36 heavy (non-hydrogen) atoms. The first-order chi connectivity index (χ1) is 17.0. The van der Waals surface area contributed by atoms with Crippen LogP contribution in [0.1, 0.15) is 36.9 Å². The number of aryl methyl sites for hydroxylation is 1. The first-order valence-electron chi connectivity index (χ1n) is 12.0. The number of carbonyl (C=O) groups excluding carboxylic acids is 2. The maximum absolute atomic E-state index is 12.8. The van der Waals surface area contributed by atoms with E-state index in [1.165, 1.54) is 24.6 Å². The summed E-state index contributed by atoms with van der Waals surface area (Å²) < 4.78 is 31.4. The van der Waals surface area contributed by atoms with Crippen molar-refractivity contribution in [1.82, 2.24) is 14.2 Å². The fourth-order valence-electron chi connectivity index (χ4n) is 5.07. The standard InChI is InChI=1S/C24H33N5O5S2/c1-6-34-24(31)29-13-17-9-12-19(20(17)14-29)16-7-10-18(11-8-16)26-22(30)28(5)23-25-15(2)21(35-23)36(32,33)27(3)4/h7-8,10-11,17,19-20H,6,9,12-14H2,1-5H3,(H,26,30). The molecule has 1 N–H and O–H groups in total. The molecule has 2 aliphatic rings. The predicted octanol–water partition coefficient (Wildman–Crippen LogP) is 3.95. The molecular weight excluding hydrogens is 502 g/mol. The summed E-state index contributed by atoms with van der Waals surface area (Å²) in [5.41, 5.74) is 2.20. The first-order valence-corrected chi connectivity index (χ1v) is 14.2. The Labute approximate surface area is 216 Å². The number of thiazole rings is 1. The number of ether oxygens (including phenoxy) is 1. The molecule has 2 fully saturated rings. The van der Waals surface area contributed by atoms with Crippen LogP contribution in [0.5, 0.6) is 0 Å². The minimum absolute atomic E-state index is 0.120. The van der Waals surface area contributed by atoms with E-state index in [1.54, 1.807) is 14.0 Å². The Kier molecular flexibility index (Phi) is 7.58. The van der Waals surface area contributed by atoms with Crippen molar-refractivity contribution in [1.29, 1.82) is 0 Å². The summed E-state index contributed by atoms with van der Waals surface area (Å²) in [7, 11) is 0.847. The number of fused-ring (bicyclic) bond motifs is 1. The number of sulfonamides is 1. The number of hydrogen-bond acceptors (Lipinski definition) is 7. The molecule has 3 amide bonds. The van der Waals surface area contributed by atoms with Crippen molar-refractivity contribution < 1.29 is 22.7 Å². The number of hydrogen-bond donors (Lipinski definition) is 1. The highest BCUT2D eigenvalue weighted by molar-refractivity contribution is 7.91. The molecule has 4 rings (SSSR count). The van der Waals surface area contributed by atoms with Crippen LogP contribution >= 0.6 is 11.3 Å². The number of aromatic nitrogens is 1. The molecule has 1 aromatic heterocycles. The molecule has 3 atom stereocenters. The van der Waals surface area contributed by atoms with E-state index in [0.717, 1.165) is 41.6 Å². The van der Waals surface area contributed by atoms with Crippen molar-refractivity contribution in [3.8, 4) is 0 Å². The van der Waals surface area contributed by atoms with Crippen molar-refractivity contribution >= 4 is 44.3 Å². The highest BCUT2D eigenvalue weighted by atomic mass is 32.2. The normalized spacial score (nSPS) is 21.5. The molecule has 0 bridgehead atoms. The number of benzene rings is 1. The van der Waals surface area contributed by atoms with Gasteiger partial charge in [0.2, 0.25) is 0 Å². The molecule has 1 saturated carbocycles. The minimum Gasteiger partial charge on any atom is -0.450 e. The molecule has 196 valence electrons. The molecular formula is C24H33N5O5S2. The zero-order valence-electron chi connectivity index (χ0n) is 21.2. The van der Waals surface area contributed by atoms with Crippen LogP contribution in [-0.4, -0.2) is 75.6 Å². The summed E-state index contributed by atoms with van der Waals surface area (Å²) >= 11 is 0.962. The molecule has 12 heteroatoms. The summed E-state index contributed by atoms with van der Waals surface area (Å²) in [5.74, 6) is 1.29. The van der Waals surface area contributed by atoms with E-state index in [1.807, 2.05) is 36.1 Å². The van der Waals surface area contributed by atoms with Crippen LogP contribution in [0, 0.1) is 18.8 Å². The Morgan fingerprint density at radius 2 is 1.86 bits per heavy atom. The Morgan fingerprint density at radius 1 is 1.17 bits per heavy atom. The van der Waals surface area contributed by atoms with Gasteiger partial charge in [0.05, 0.1) is 12.3 Å². The second kappa shape index (κ2) is 10.3. The lowest BCUT2D eigenvalue weighted by Crippen LogP contribution is -2.31. The maximum atomic E-state index is 12.8. The van der Waals surface area contributed by atoms with E-state index in [0.29, 0.717) is 40.9 Å². The summed E-state index contributed by atoms with van der Waals surface area (Å²) in [6, 6.07) is 7.41. The van der Waals surface area contributed by atoms with Crippen LogP contribution in [0.15, 0.2) is 28.5 Å². The number of nitrogens with zero attached hydrogens (tertiary/aromatic N) is 4. The van der Waals surface area contributed by atoms with E-state index in [4.69, 9.17) is 4.74 Å². The number of carbonyl (C=O) groups is 2. The Bertz CT molecular complexity index is 1230. The van der Waals surface area contributed by atoms with Crippen molar-refractivity contribution in [2.45, 2.75) is 36.8 Å². The molecule has 1 aliphatic carbocycles. The zero-order chi connectivity index (χ0) is 26.2. The largest absolute Gasteiger partial charge is 0.450 e. The molecule has 1 aromatic carbocycles. The zero-order valence-corrected chi connectivity index (χ0v) is 22.9. The lowest BCUT2D eigenvalue weighted by molar-refractivity contribution is 0.112. The van der Waals surface area contributed by atoms with Crippen LogP contribution in [0.2, 0.25) is 0 Å². The molecule has 1 aliphatic heterocycles. The average molecular weight is 536 g/mol. The highest BCUT2D eigenvalue weighted by Gasteiger charge is 2.44. The van der Waals surface area contributed by atoms with Crippen LogP contribution in [0.4, 0.5) is 20.4 Å². The van der Waals surface area contributed by atoms with Gasteiger partial charge in [0.15, 0.2) is 9.34 Å². The summed E-state index contributed by atoms with van der Waals surface area (Å²) in [4.78, 5) is 32.4. The van der Waals surface area contributed by atoms with Crippen LogP contribution in [-0.2, 0) is 14.8 Å². The molecule has 3 unspecified atom stereocenters. The van der Waals surface area contributed by atoms with Gasteiger partial charge in [0.25, 0.3) is 10.0 Å². The Hall–Kier alpha value is -2.70. The fraction of sp³-hybridized carbons (Fsp3) is 0.542. The van der Waals surface area contributed by atoms with Gasteiger partial charge in [0.1, 0.15) is 0 Å². The van der Waals surface area contributed by atoms with E-state index in [-0.39, 0.29) is 10.3 Å². The quantitative estimate of drug-likeness (QED) is 0.599. The number of likely N-dealkylation sites (tertiary alicyclic amines) is 1. The van der Waals surface area contributed by atoms with Gasteiger partial charge in [-0.2, -0.15) is 0 Å². The third-order valence-corrected chi connectivity index (χ3v) is 10.7. The molecule has 0 radical (unpaired) electrons. The van der Waals surface area contributed by atoms with E-state index in [2.05, 4.69) is 10.3 Å². The van der Waals surface area contributed by atoms with Crippen LogP contribution in [0.3, 0.4) is 0 Å². The number of anilines is 2. The second-order valence-corrected chi connectivity index (χ2v) is 12.8. The van der Waals surface area contributed by atoms with Crippen molar-refractivity contribution in [3.05, 3.63) is 35.5 Å². The van der Waals surface area contributed by atoms with Crippen molar-refractivity contribution in [2.24, 2.45) is 11.8 Å². The SMILES string of the molecule is CCOC(=O)N1CC2CCC(c3ccc(NC(=O)N(C)c4nc(C)c(S(=O)(=O)N(C)C)s4)cc3)C2C1. The van der Waals surface area contributed by atoms with Gasteiger partial charge in [-0.15, -0.1) is 0 Å². The fourth-order valence-corrected chi connectivity index (χ4v) is 7.67. The average Bonchev–Trinajstić information content (AvgIpc) is 3.53. The van der Waals surface area contributed by atoms with Crippen LogP contribution < -0.4 is 10.2 Å². The molecule has 0 spiro atoms. The Morgan fingerprint density at radius 3 is 2.50 bits per heavy atom. The van der Waals surface area contributed by atoms with E-state index in [9.17, 15) is 18.0 Å². The van der Waals surface area contributed by atoms with Gasteiger partial charge in [-0.05, 0) is 62.1 Å². The number of nitrogens with one attached hydrogen (secondary N) is 1. The monoisotopic (exact) mass is 535 g/mol. The third kappa shape index (κ3) is 5.07. The summed E-state index contributed by atoms with van der Waals surface area (Å²) in [5, 5.41) is 3.15. The van der Waals surface area contributed by atoms with Crippen molar-refractivity contribution in [3.63, 3.8) is 0 Å². The van der Waals surface area contributed by atoms with Gasteiger partial charge in [-0.1, -0.05) is 23.5 Å². The minimum atomic E-state index is -3.63. The molecule has 1 saturated heterocycles. The number of amides is 3. The van der Waals surface area contributed by atoms with Gasteiger partial charge in [0, 0.05) is 39.9 Å². The maximum Gasteiger partial charge on any atom is 0.409 e. The lowest BCUT2D eigenvalue weighted by Gasteiger charge is -2.21. The van der Waals surface area contributed by atoms with Gasteiger partial charge in [-0.3, -0.25) is 4.90 Å². The summed E-state index contributed by atoms with van der Waals surface area (Å²) in [6.07, 6.45) is 1.95. The van der Waals surface area contributed by atoms with Crippen LogP contribution in [0.25, 0.3) is 0 Å². The number of urea groups is 1. The Balaban J connectivity index is 1.40. The summed E-state index contributed by atoms with van der Waals surface area (Å²) in [6.45, 7) is 5.30. The number of rotatable bonds is 6. The molecule has 2 heterocycles. The van der Waals surface area contributed by atoms with Gasteiger partial charge in [-0.25, -0.2) is 27.3 Å². The second-order valence-electron chi connectivity index (χ2n) is 9.48. The van der Waals surface area contributed by atoms with Gasteiger partial charge < -0.3 is 15.0 Å². The molecule has 10 nitrogen and oxygen atoms in total. The van der Waals surface area contributed by atoms with Gasteiger partial charge >= 0.3 is 12.1 Å². The van der Waals surface area contributed by atoms with Crippen molar-refractivity contribution in [2.75, 3.05) is 51.1 Å². The third-order valence-electron chi connectivity index (χ3n) is 7.02. The van der Waals surface area contributed by atoms with E-state index < -0.39 is 16.1 Å². The lowest BCUT2D eigenvalue weighted by atomic mass is 9.87. The smallest absolute Gasteiger partial charge is 0.409 e. The first kappa shape index (κ1) is 26.4. The highest BCUT2D eigenvalue weighted by Crippen LogP contribution is 2.47. The molecule has 2 aromatic rings. The van der Waals surface area contributed by atoms with E-state index >= 15 is 0 Å². The topological polar surface area (TPSA) is 112 Å².